The minimum atomic E-state index is 0. The summed E-state index contributed by atoms with van der Waals surface area (Å²) in [5.41, 5.74) is 0.223. The van der Waals surface area contributed by atoms with Crippen LogP contribution in [0.1, 0.15) is 59.8 Å². The Morgan fingerprint density at radius 3 is 2.48 bits per heavy atom. The lowest BCUT2D eigenvalue weighted by atomic mass is 9.58. The Hall–Kier alpha value is -0.900. The van der Waals surface area contributed by atoms with Gasteiger partial charge in [0.05, 0.1) is 6.10 Å². The van der Waals surface area contributed by atoms with Crippen molar-refractivity contribution in [3.8, 4) is 0 Å². The summed E-state index contributed by atoms with van der Waals surface area (Å²) in [6.45, 7) is 12.2. The number of guanidine groups is 1. The summed E-state index contributed by atoms with van der Waals surface area (Å²) in [6, 6.07) is 0.434. The molecule has 1 saturated carbocycles. The monoisotopic (exact) mass is 492 g/mol. The zero-order chi connectivity index (χ0) is 18.8. The standard InChI is InChI=1S/C19H36N6O.HI/c1-5-19(6-2)16(13-17(19)26-8-4)24-18(20-7-3)21-11-9-10-12-25-14-22-23-15-25;/h14-17H,5-13H2,1-4H3,(H2,20,21,24);1H. The lowest BCUT2D eigenvalue weighted by molar-refractivity contribution is -0.133. The van der Waals surface area contributed by atoms with Crippen molar-refractivity contribution in [3.05, 3.63) is 12.7 Å². The second-order valence-corrected chi connectivity index (χ2v) is 6.98. The molecule has 1 heterocycles. The average molecular weight is 492 g/mol. The predicted molar refractivity (Wildman–Crippen MR) is 121 cm³/mol. The fraction of sp³-hybridized carbons (Fsp3) is 0.842. The normalized spacial score (nSPS) is 21.3. The quantitative estimate of drug-likeness (QED) is 0.215. The van der Waals surface area contributed by atoms with Crippen molar-refractivity contribution in [1.29, 1.82) is 0 Å². The number of hydrogen-bond acceptors (Lipinski definition) is 4. The molecule has 0 spiro atoms. The lowest BCUT2D eigenvalue weighted by Crippen LogP contribution is -2.65. The van der Waals surface area contributed by atoms with Crippen molar-refractivity contribution in [1.82, 2.24) is 25.4 Å². The Bertz CT molecular complexity index is 532. The van der Waals surface area contributed by atoms with Crippen LogP contribution in [0.4, 0.5) is 0 Å². The van der Waals surface area contributed by atoms with Crippen LogP contribution in [0.5, 0.6) is 0 Å². The maximum atomic E-state index is 5.98. The van der Waals surface area contributed by atoms with E-state index in [0.29, 0.717) is 12.1 Å². The average Bonchev–Trinajstić information content (AvgIpc) is 3.15. The van der Waals surface area contributed by atoms with E-state index >= 15 is 0 Å². The van der Waals surface area contributed by atoms with Crippen molar-refractivity contribution >= 4 is 29.9 Å². The number of ether oxygens (including phenoxy) is 1. The van der Waals surface area contributed by atoms with Crippen LogP contribution < -0.4 is 10.6 Å². The van der Waals surface area contributed by atoms with Crippen LogP contribution in [0, 0.1) is 5.41 Å². The molecule has 0 bridgehead atoms. The second kappa shape index (κ2) is 12.5. The molecule has 27 heavy (non-hydrogen) atoms. The first-order chi connectivity index (χ1) is 12.7. The molecule has 2 rings (SSSR count). The summed E-state index contributed by atoms with van der Waals surface area (Å²) in [7, 11) is 0. The van der Waals surface area contributed by atoms with E-state index in [9.17, 15) is 0 Å². The van der Waals surface area contributed by atoms with Gasteiger partial charge in [-0.15, -0.1) is 34.2 Å². The number of nitrogens with one attached hydrogen (secondary N) is 2. The maximum absolute atomic E-state index is 5.98. The highest BCUT2D eigenvalue weighted by molar-refractivity contribution is 14.0. The van der Waals surface area contributed by atoms with Crippen molar-refractivity contribution < 1.29 is 4.74 Å². The van der Waals surface area contributed by atoms with Crippen LogP contribution in [-0.2, 0) is 11.3 Å². The van der Waals surface area contributed by atoms with Gasteiger partial charge in [0.1, 0.15) is 12.7 Å². The number of aromatic nitrogens is 3. The van der Waals surface area contributed by atoms with E-state index in [0.717, 1.165) is 64.3 Å². The Kier molecular flexibility index (Phi) is 11.2. The Morgan fingerprint density at radius 2 is 1.89 bits per heavy atom. The SMILES string of the molecule is CCNC(=NCCCCn1cnnc1)NC1CC(OCC)C1(CC)CC.I. The Morgan fingerprint density at radius 1 is 1.19 bits per heavy atom. The molecule has 2 atom stereocenters. The van der Waals surface area contributed by atoms with Crippen LogP contribution in [0.25, 0.3) is 0 Å². The molecule has 7 nitrogen and oxygen atoms in total. The maximum Gasteiger partial charge on any atom is 0.191 e. The van der Waals surface area contributed by atoms with Gasteiger partial charge in [0.25, 0.3) is 0 Å². The van der Waals surface area contributed by atoms with Gasteiger partial charge in [-0.25, -0.2) is 0 Å². The molecule has 0 aromatic carbocycles. The van der Waals surface area contributed by atoms with Crippen LogP contribution in [-0.4, -0.2) is 52.6 Å². The van der Waals surface area contributed by atoms with Gasteiger partial charge in [-0.05, 0) is 46.0 Å². The molecular formula is C19H37IN6O. The van der Waals surface area contributed by atoms with E-state index in [4.69, 9.17) is 9.73 Å². The summed E-state index contributed by atoms with van der Waals surface area (Å²) in [5, 5.41) is 14.7. The van der Waals surface area contributed by atoms with Gasteiger partial charge in [0, 0.05) is 37.7 Å². The fourth-order valence-electron chi connectivity index (χ4n) is 4.00. The van der Waals surface area contributed by atoms with Gasteiger partial charge in [0.15, 0.2) is 5.96 Å². The fourth-order valence-corrected chi connectivity index (χ4v) is 4.00. The summed E-state index contributed by atoms with van der Waals surface area (Å²) in [4.78, 5) is 4.77. The number of aliphatic imine (C=N–C) groups is 1. The first-order valence-electron chi connectivity index (χ1n) is 10.2. The van der Waals surface area contributed by atoms with E-state index in [-0.39, 0.29) is 29.4 Å². The van der Waals surface area contributed by atoms with Crippen molar-refractivity contribution in [2.75, 3.05) is 19.7 Å². The Labute approximate surface area is 181 Å². The van der Waals surface area contributed by atoms with Gasteiger partial charge in [-0.1, -0.05) is 13.8 Å². The van der Waals surface area contributed by atoms with Crippen LogP contribution >= 0.6 is 24.0 Å². The van der Waals surface area contributed by atoms with E-state index < -0.39 is 0 Å². The van der Waals surface area contributed by atoms with Crippen LogP contribution in [0.3, 0.4) is 0 Å². The third kappa shape index (κ3) is 6.30. The first kappa shape index (κ1) is 24.1. The predicted octanol–water partition coefficient (Wildman–Crippen LogP) is 3.22. The molecule has 0 saturated heterocycles. The molecule has 1 aliphatic carbocycles. The highest BCUT2D eigenvalue weighted by atomic mass is 127. The van der Waals surface area contributed by atoms with Gasteiger partial charge < -0.3 is 19.9 Å². The molecule has 8 heteroatoms. The number of nitrogens with zero attached hydrogens (tertiary/aromatic N) is 4. The molecule has 0 radical (unpaired) electrons. The van der Waals surface area contributed by atoms with Crippen molar-refractivity contribution in [2.24, 2.45) is 10.4 Å². The van der Waals surface area contributed by atoms with E-state index in [1.807, 2.05) is 4.57 Å². The van der Waals surface area contributed by atoms with Crippen LogP contribution in [0.2, 0.25) is 0 Å². The van der Waals surface area contributed by atoms with E-state index in [2.05, 4.69) is 48.5 Å². The highest BCUT2D eigenvalue weighted by Crippen LogP contribution is 2.48. The smallest absolute Gasteiger partial charge is 0.191 e. The molecule has 0 aliphatic heterocycles. The minimum absolute atomic E-state index is 0. The van der Waals surface area contributed by atoms with E-state index in [1.54, 1.807) is 12.7 Å². The molecule has 1 aliphatic rings. The largest absolute Gasteiger partial charge is 0.378 e. The highest BCUT2D eigenvalue weighted by Gasteiger charge is 2.53. The third-order valence-corrected chi connectivity index (χ3v) is 5.69. The lowest BCUT2D eigenvalue weighted by Gasteiger charge is -2.55. The van der Waals surface area contributed by atoms with Crippen molar-refractivity contribution in [3.63, 3.8) is 0 Å². The number of rotatable bonds is 11. The second-order valence-electron chi connectivity index (χ2n) is 6.98. The minimum Gasteiger partial charge on any atom is -0.378 e. The van der Waals surface area contributed by atoms with E-state index in [1.165, 1.54) is 0 Å². The Balaban J connectivity index is 0.00000364. The molecule has 1 aromatic heterocycles. The number of unbranched alkanes of at least 4 members (excludes halogenated alkanes) is 1. The molecule has 1 aromatic rings. The summed E-state index contributed by atoms with van der Waals surface area (Å²) in [6.07, 6.45) is 9.33. The van der Waals surface area contributed by atoms with Gasteiger partial charge in [-0.2, -0.15) is 0 Å². The summed E-state index contributed by atoms with van der Waals surface area (Å²) in [5.74, 6) is 0.933. The third-order valence-electron chi connectivity index (χ3n) is 5.69. The molecule has 2 unspecified atom stereocenters. The first-order valence-corrected chi connectivity index (χ1v) is 10.2. The molecule has 1 fully saturated rings. The molecular weight excluding hydrogens is 455 g/mol. The van der Waals surface area contributed by atoms with Crippen molar-refractivity contribution in [2.45, 2.75) is 78.5 Å². The zero-order valence-electron chi connectivity index (χ0n) is 17.3. The molecule has 0 amide bonds. The summed E-state index contributed by atoms with van der Waals surface area (Å²) >= 11 is 0. The number of halogens is 1. The summed E-state index contributed by atoms with van der Waals surface area (Å²) < 4.78 is 7.99. The topological polar surface area (TPSA) is 76.4 Å². The number of hydrogen-bond donors (Lipinski definition) is 2. The molecule has 2 N–H and O–H groups in total. The van der Waals surface area contributed by atoms with Gasteiger partial charge in [-0.3, -0.25) is 4.99 Å². The zero-order valence-corrected chi connectivity index (χ0v) is 19.6. The van der Waals surface area contributed by atoms with Crippen LogP contribution in [0.15, 0.2) is 17.6 Å². The molecule has 156 valence electrons. The van der Waals surface area contributed by atoms with Gasteiger partial charge in [0.2, 0.25) is 0 Å². The van der Waals surface area contributed by atoms with Gasteiger partial charge >= 0.3 is 0 Å². The number of aryl methyl sites for hydroxylation is 1.